The zero-order valence-electron chi connectivity index (χ0n) is 12.4. The van der Waals surface area contributed by atoms with E-state index in [1.165, 1.54) is 4.68 Å². The highest BCUT2D eigenvalue weighted by Gasteiger charge is 2.23. The van der Waals surface area contributed by atoms with Crippen LogP contribution in [0.1, 0.15) is 33.1 Å². The van der Waals surface area contributed by atoms with Gasteiger partial charge >= 0.3 is 0 Å². The third kappa shape index (κ3) is 3.33. The van der Waals surface area contributed by atoms with E-state index in [0.29, 0.717) is 24.3 Å². The van der Waals surface area contributed by atoms with E-state index in [2.05, 4.69) is 29.3 Å². The van der Waals surface area contributed by atoms with Crippen molar-refractivity contribution in [1.82, 2.24) is 14.7 Å². The highest BCUT2D eigenvalue weighted by Crippen LogP contribution is 2.22. The van der Waals surface area contributed by atoms with Crippen molar-refractivity contribution >= 4 is 17.3 Å². The van der Waals surface area contributed by atoms with Crippen LogP contribution in [-0.2, 0) is 6.54 Å². The van der Waals surface area contributed by atoms with Gasteiger partial charge in [0.25, 0.3) is 5.56 Å². The van der Waals surface area contributed by atoms with E-state index in [1.54, 1.807) is 6.20 Å². The van der Waals surface area contributed by atoms with Gasteiger partial charge in [-0.05, 0) is 33.2 Å². The topological polar surface area (TPSA) is 50.2 Å². The zero-order chi connectivity index (χ0) is 14.7. The minimum absolute atomic E-state index is 0.209. The van der Waals surface area contributed by atoms with Crippen LogP contribution in [0.5, 0.6) is 0 Å². The maximum Gasteiger partial charge on any atom is 0.287 e. The number of anilines is 1. The third-order valence-electron chi connectivity index (χ3n) is 3.99. The second-order valence-electron chi connectivity index (χ2n) is 5.60. The summed E-state index contributed by atoms with van der Waals surface area (Å²) in [5.41, 5.74) is 0.449. The number of rotatable bonds is 4. The Morgan fingerprint density at radius 2 is 2.30 bits per heavy atom. The van der Waals surface area contributed by atoms with Gasteiger partial charge in [-0.15, -0.1) is 0 Å². The molecule has 0 bridgehead atoms. The molecular formula is C14H23ClN4O. The molecule has 2 atom stereocenters. The minimum Gasteiger partial charge on any atom is -0.380 e. The van der Waals surface area contributed by atoms with Gasteiger partial charge in [-0.2, -0.15) is 5.10 Å². The number of nitrogens with zero attached hydrogens (tertiary/aromatic N) is 3. The van der Waals surface area contributed by atoms with Gasteiger partial charge in [0.1, 0.15) is 5.02 Å². The Morgan fingerprint density at radius 1 is 1.55 bits per heavy atom. The molecule has 1 saturated heterocycles. The molecule has 2 unspecified atom stereocenters. The first-order valence-electron chi connectivity index (χ1n) is 7.25. The molecule has 0 amide bonds. The van der Waals surface area contributed by atoms with Gasteiger partial charge in [0.15, 0.2) is 0 Å². The smallest absolute Gasteiger partial charge is 0.287 e. The zero-order valence-corrected chi connectivity index (χ0v) is 13.2. The van der Waals surface area contributed by atoms with Crippen molar-refractivity contribution in [2.45, 2.75) is 51.7 Å². The summed E-state index contributed by atoms with van der Waals surface area (Å²) >= 11 is 6.17. The molecule has 112 valence electrons. The lowest BCUT2D eigenvalue weighted by Crippen LogP contribution is -2.42. The monoisotopic (exact) mass is 298 g/mol. The molecule has 1 aromatic rings. The molecule has 0 aliphatic carbocycles. The van der Waals surface area contributed by atoms with Crippen LogP contribution in [0.4, 0.5) is 5.69 Å². The molecule has 6 heteroatoms. The quantitative estimate of drug-likeness (QED) is 0.926. The van der Waals surface area contributed by atoms with Crippen molar-refractivity contribution in [3.63, 3.8) is 0 Å². The highest BCUT2D eigenvalue weighted by atomic mass is 35.5. The highest BCUT2D eigenvalue weighted by molar-refractivity contribution is 6.32. The Balaban J connectivity index is 2.10. The number of piperidine rings is 1. The number of hydrogen-bond donors (Lipinski definition) is 1. The Bertz CT molecular complexity index is 516. The first-order chi connectivity index (χ1) is 9.52. The molecule has 1 aromatic heterocycles. The van der Waals surface area contributed by atoms with Crippen LogP contribution in [-0.4, -0.2) is 40.4 Å². The summed E-state index contributed by atoms with van der Waals surface area (Å²) in [4.78, 5) is 14.4. The van der Waals surface area contributed by atoms with Crippen molar-refractivity contribution in [2.75, 3.05) is 18.9 Å². The van der Waals surface area contributed by atoms with Crippen molar-refractivity contribution in [3.8, 4) is 0 Å². The number of likely N-dealkylation sites (tertiary alicyclic amines) is 1. The van der Waals surface area contributed by atoms with Crippen LogP contribution in [0.25, 0.3) is 0 Å². The van der Waals surface area contributed by atoms with Gasteiger partial charge in [0, 0.05) is 25.2 Å². The molecule has 2 heterocycles. The summed E-state index contributed by atoms with van der Waals surface area (Å²) in [6.07, 6.45) is 4.63. The summed E-state index contributed by atoms with van der Waals surface area (Å²) < 4.78 is 1.42. The van der Waals surface area contributed by atoms with Gasteiger partial charge < -0.3 is 10.2 Å². The number of nitrogens with one attached hydrogen (secondary N) is 1. The minimum atomic E-state index is -0.209. The normalized spacial score (nSPS) is 23.8. The van der Waals surface area contributed by atoms with E-state index < -0.39 is 0 Å². The van der Waals surface area contributed by atoms with E-state index in [-0.39, 0.29) is 10.6 Å². The largest absolute Gasteiger partial charge is 0.380 e. The fraction of sp³-hybridized carbons (Fsp3) is 0.714. The van der Waals surface area contributed by atoms with Crippen LogP contribution in [0.3, 0.4) is 0 Å². The molecule has 1 aliphatic rings. The standard InChI is InChI=1S/C14H23ClN4O/c1-4-6-19-14(20)13(15)12(9-16-19)17-11-5-7-18(3)10(2)8-11/h9-11,17H,4-8H2,1-3H3. The molecule has 1 N–H and O–H groups in total. The third-order valence-corrected chi connectivity index (χ3v) is 4.35. The predicted octanol–water partition coefficient (Wildman–Crippen LogP) is 2.20. The van der Waals surface area contributed by atoms with Gasteiger partial charge in [0.2, 0.25) is 0 Å². The van der Waals surface area contributed by atoms with E-state index in [9.17, 15) is 4.79 Å². The summed E-state index contributed by atoms with van der Waals surface area (Å²) in [7, 11) is 2.14. The van der Waals surface area contributed by atoms with Crippen molar-refractivity contribution < 1.29 is 0 Å². The Hall–Kier alpha value is -1.07. The number of halogens is 1. The number of hydrogen-bond acceptors (Lipinski definition) is 4. The van der Waals surface area contributed by atoms with E-state index >= 15 is 0 Å². The van der Waals surface area contributed by atoms with E-state index in [0.717, 1.165) is 25.8 Å². The summed E-state index contributed by atoms with van der Waals surface area (Å²) in [5.74, 6) is 0. The van der Waals surface area contributed by atoms with Crippen molar-refractivity contribution in [3.05, 3.63) is 21.6 Å². The number of aryl methyl sites for hydroxylation is 1. The van der Waals surface area contributed by atoms with Crippen LogP contribution < -0.4 is 10.9 Å². The van der Waals surface area contributed by atoms with Crippen molar-refractivity contribution in [1.29, 1.82) is 0 Å². The fourth-order valence-electron chi connectivity index (χ4n) is 2.58. The second kappa shape index (κ2) is 6.59. The van der Waals surface area contributed by atoms with Crippen LogP contribution >= 0.6 is 11.6 Å². The predicted molar refractivity (Wildman–Crippen MR) is 82.5 cm³/mol. The van der Waals surface area contributed by atoms with Crippen LogP contribution in [0, 0.1) is 0 Å². The average molecular weight is 299 g/mol. The summed E-state index contributed by atoms with van der Waals surface area (Å²) in [6.45, 7) is 5.88. The van der Waals surface area contributed by atoms with Gasteiger partial charge in [-0.25, -0.2) is 4.68 Å². The fourth-order valence-corrected chi connectivity index (χ4v) is 2.78. The molecule has 5 nitrogen and oxygen atoms in total. The molecule has 20 heavy (non-hydrogen) atoms. The van der Waals surface area contributed by atoms with Gasteiger partial charge in [-0.3, -0.25) is 4.79 Å². The first-order valence-corrected chi connectivity index (χ1v) is 7.63. The van der Waals surface area contributed by atoms with E-state index in [4.69, 9.17) is 11.6 Å². The molecule has 1 fully saturated rings. The SMILES string of the molecule is CCCn1ncc(NC2CCN(C)C(C)C2)c(Cl)c1=O. The molecule has 0 saturated carbocycles. The summed E-state index contributed by atoms with van der Waals surface area (Å²) in [6, 6.07) is 0.885. The average Bonchev–Trinajstić information content (AvgIpc) is 2.42. The Morgan fingerprint density at radius 3 is 2.95 bits per heavy atom. The first kappa shape index (κ1) is 15.3. The Kier molecular flexibility index (Phi) is 5.05. The molecule has 0 aromatic carbocycles. The van der Waals surface area contributed by atoms with Crippen LogP contribution in [0.15, 0.2) is 11.0 Å². The molecule has 0 spiro atoms. The van der Waals surface area contributed by atoms with Gasteiger partial charge in [-0.1, -0.05) is 18.5 Å². The lowest BCUT2D eigenvalue weighted by atomic mass is 9.99. The molecular weight excluding hydrogens is 276 g/mol. The maximum absolute atomic E-state index is 12.1. The lowest BCUT2D eigenvalue weighted by molar-refractivity contribution is 0.190. The lowest BCUT2D eigenvalue weighted by Gasteiger charge is -2.35. The summed E-state index contributed by atoms with van der Waals surface area (Å²) in [5, 5.41) is 7.80. The number of aromatic nitrogens is 2. The van der Waals surface area contributed by atoms with Gasteiger partial charge in [0.05, 0.1) is 11.9 Å². The second-order valence-corrected chi connectivity index (χ2v) is 5.97. The molecule has 1 aliphatic heterocycles. The Labute approximate surface area is 124 Å². The molecule has 2 rings (SSSR count). The van der Waals surface area contributed by atoms with Crippen molar-refractivity contribution in [2.24, 2.45) is 0 Å². The maximum atomic E-state index is 12.1. The van der Waals surface area contributed by atoms with E-state index in [1.807, 2.05) is 6.92 Å². The van der Waals surface area contributed by atoms with Crippen LogP contribution in [0.2, 0.25) is 5.02 Å². The molecule has 0 radical (unpaired) electrons.